The quantitative estimate of drug-likeness (QED) is 0.723. The number of halogens is 2. The summed E-state index contributed by atoms with van der Waals surface area (Å²) in [5.74, 6) is 0.249. The molecule has 0 bridgehead atoms. The predicted octanol–water partition coefficient (Wildman–Crippen LogP) is 2.95. The SMILES string of the molecule is Cn1ncc2c(Oc3ccc(F)c(Cl)c3)ncnc21. The summed E-state index contributed by atoms with van der Waals surface area (Å²) in [4.78, 5) is 8.14. The Balaban J connectivity index is 2.03. The normalized spacial score (nSPS) is 10.9. The Morgan fingerprint density at radius 2 is 2.16 bits per heavy atom. The van der Waals surface area contributed by atoms with Gasteiger partial charge in [-0.3, -0.25) is 4.68 Å². The predicted molar refractivity (Wildman–Crippen MR) is 67.8 cm³/mol. The van der Waals surface area contributed by atoms with E-state index in [1.807, 2.05) is 0 Å². The van der Waals surface area contributed by atoms with Crippen LogP contribution in [0.4, 0.5) is 4.39 Å². The molecule has 0 amide bonds. The second-order valence-corrected chi connectivity index (χ2v) is 4.27. The van der Waals surface area contributed by atoms with Crippen LogP contribution >= 0.6 is 11.6 Å². The fourth-order valence-corrected chi connectivity index (χ4v) is 1.84. The van der Waals surface area contributed by atoms with Crippen molar-refractivity contribution in [2.45, 2.75) is 0 Å². The number of benzene rings is 1. The number of aryl methyl sites for hydroxylation is 1. The van der Waals surface area contributed by atoms with E-state index in [1.165, 1.54) is 24.5 Å². The van der Waals surface area contributed by atoms with E-state index in [9.17, 15) is 4.39 Å². The lowest BCUT2D eigenvalue weighted by molar-refractivity contribution is 0.466. The average molecular weight is 279 g/mol. The van der Waals surface area contributed by atoms with Gasteiger partial charge in [0, 0.05) is 13.1 Å². The average Bonchev–Trinajstić information content (AvgIpc) is 2.77. The second-order valence-electron chi connectivity index (χ2n) is 3.86. The molecule has 0 radical (unpaired) electrons. The number of fused-ring (bicyclic) bond motifs is 1. The van der Waals surface area contributed by atoms with Crippen molar-refractivity contribution >= 4 is 22.6 Å². The number of ether oxygens (including phenoxy) is 1. The summed E-state index contributed by atoms with van der Waals surface area (Å²) in [7, 11) is 1.77. The van der Waals surface area contributed by atoms with Gasteiger partial charge < -0.3 is 4.74 Å². The molecule has 0 atom stereocenters. The van der Waals surface area contributed by atoms with E-state index in [-0.39, 0.29) is 5.02 Å². The standard InChI is InChI=1S/C12H8ClFN4O/c1-18-11-8(5-17-18)12(16-6-15-11)19-7-2-3-10(14)9(13)4-7/h2-6H,1H3. The van der Waals surface area contributed by atoms with Gasteiger partial charge in [0.1, 0.15) is 23.3 Å². The van der Waals surface area contributed by atoms with Crippen LogP contribution in [-0.4, -0.2) is 19.7 Å². The molecule has 19 heavy (non-hydrogen) atoms. The number of rotatable bonds is 2. The van der Waals surface area contributed by atoms with E-state index in [0.717, 1.165) is 0 Å². The summed E-state index contributed by atoms with van der Waals surface area (Å²) in [6.45, 7) is 0. The van der Waals surface area contributed by atoms with Crippen LogP contribution in [0.2, 0.25) is 5.02 Å². The molecule has 0 spiro atoms. The summed E-state index contributed by atoms with van der Waals surface area (Å²) < 4.78 is 20.3. The van der Waals surface area contributed by atoms with Crippen molar-refractivity contribution < 1.29 is 9.13 Å². The summed E-state index contributed by atoms with van der Waals surface area (Å²) in [5.41, 5.74) is 0.651. The third kappa shape index (κ3) is 2.10. The molecule has 2 aromatic heterocycles. The molecule has 2 heterocycles. The van der Waals surface area contributed by atoms with Gasteiger partial charge in [0.05, 0.1) is 11.2 Å². The summed E-state index contributed by atoms with van der Waals surface area (Å²) >= 11 is 5.70. The Morgan fingerprint density at radius 1 is 1.32 bits per heavy atom. The first-order valence-corrected chi connectivity index (χ1v) is 5.78. The molecule has 0 saturated carbocycles. The van der Waals surface area contributed by atoms with Crippen molar-refractivity contribution in [3.05, 3.63) is 41.6 Å². The maximum atomic E-state index is 13.1. The minimum absolute atomic E-state index is 0.00557. The molecule has 3 rings (SSSR count). The van der Waals surface area contributed by atoms with E-state index in [0.29, 0.717) is 22.7 Å². The Labute approximate surface area is 112 Å². The van der Waals surface area contributed by atoms with E-state index >= 15 is 0 Å². The molecule has 0 fully saturated rings. The van der Waals surface area contributed by atoms with Gasteiger partial charge in [0.15, 0.2) is 5.65 Å². The van der Waals surface area contributed by atoms with Crippen LogP contribution in [0.3, 0.4) is 0 Å². The second kappa shape index (κ2) is 4.47. The van der Waals surface area contributed by atoms with Gasteiger partial charge in [-0.2, -0.15) is 5.10 Å². The lowest BCUT2D eigenvalue weighted by Crippen LogP contribution is -1.94. The first-order chi connectivity index (χ1) is 9.15. The lowest BCUT2D eigenvalue weighted by atomic mass is 10.3. The maximum Gasteiger partial charge on any atom is 0.233 e. The van der Waals surface area contributed by atoms with E-state index in [2.05, 4.69) is 15.1 Å². The highest BCUT2D eigenvalue weighted by molar-refractivity contribution is 6.30. The highest BCUT2D eigenvalue weighted by Gasteiger charge is 2.10. The van der Waals surface area contributed by atoms with Crippen LogP contribution < -0.4 is 4.74 Å². The third-order valence-corrected chi connectivity index (χ3v) is 2.89. The van der Waals surface area contributed by atoms with Crippen molar-refractivity contribution in [1.82, 2.24) is 19.7 Å². The number of hydrogen-bond donors (Lipinski definition) is 0. The fourth-order valence-electron chi connectivity index (χ4n) is 1.67. The maximum absolute atomic E-state index is 13.1. The highest BCUT2D eigenvalue weighted by Crippen LogP contribution is 2.28. The minimum atomic E-state index is -0.497. The molecule has 0 N–H and O–H groups in total. The minimum Gasteiger partial charge on any atom is -0.438 e. The van der Waals surface area contributed by atoms with Gasteiger partial charge in [-0.25, -0.2) is 14.4 Å². The smallest absolute Gasteiger partial charge is 0.233 e. The van der Waals surface area contributed by atoms with Crippen LogP contribution in [0.25, 0.3) is 11.0 Å². The van der Waals surface area contributed by atoms with Crippen LogP contribution in [-0.2, 0) is 7.05 Å². The largest absolute Gasteiger partial charge is 0.438 e. The zero-order valence-electron chi connectivity index (χ0n) is 9.84. The summed E-state index contributed by atoms with van der Waals surface area (Å²) in [6, 6.07) is 4.10. The Hall–Kier alpha value is -2.21. The Kier molecular flexibility index (Phi) is 2.79. The Morgan fingerprint density at radius 3 is 2.95 bits per heavy atom. The van der Waals surface area contributed by atoms with E-state index < -0.39 is 5.82 Å². The van der Waals surface area contributed by atoms with Gasteiger partial charge in [0.2, 0.25) is 5.88 Å². The van der Waals surface area contributed by atoms with Crippen LogP contribution in [0.5, 0.6) is 11.6 Å². The summed E-state index contributed by atoms with van der Waals surface area (Å²) in [5, 5.41) is 4.74. The van der Waals surface area contributed by atoms with E-state index in [4.69, 9.17) is 16.3 Å². The molecule has 3 aromatic rings. The van der Waals surface area contributed by atoms with Crippen LogP contribution in [0.15, 0.2) is 30.7 Å². The number of hydrogen-bond acceptors (Lipinski definition) is 4. The zero-order valence-corrected chi connectivity index (χ0v) is 10.6. The first-order valence-electron chi connectivity index (χ1n) is 5.41. The first kappa shape index (κ1) is 11.9. The molecule has 0 aliphatic carbocycles. The molecule has 0 saturated heterocycles. The molecule has 5 nitrogen and oxygen atoms in total. The Bertz CT molecular complexity index is 759. The summed E-state index contributed by atoms with van der Waals surface area (Å²) in [6.07, 6.45) is 2.99. The number of nitrogens with zero attached hydrogens (tertiary/aromatic N) is 4. The van der Waals surface area contributed by atoms with Crippen molar-refractivity contribution in [2.75, 3.05) is 0 Å². The monoisotopic (exact) mass is 278 g/mol. The van der Waals surface area contributed by atoms with Gasteiger partial charge in [0.25, 0.3) is 0 Å². The van der Waals surface area contributed by atoms with Crippen molar-refractivity contribution in [3.63, 3.8) is 0 Å². The molecular weight excluding hydrogens is 271 g/mol. The van der Waals surface area contributed by atoms with Gasteiger partial charge in [-0.05, 0) is 12.1 Å². The molecule has 0 unspecified atom stereocenters. The number of aromatic nitrogens is 4. The third-order valence-electron chi connectivity index (χ3n) is 2.60. The molecular formula is C12H8ClFN4O. The lowest BCUT2D eigenvalue weighted by Gasteiger charge is -2.05. The van der Waals surface area contributed by atoms with Crippen molar-refractivity contribution in [3.8, 4) is 11.6 Å². The molecule has 96 valence electrons. The van der Waals surface area contributed by atoms with Gasteiger partial charge in [-0.15, -0.1) is 0 Å². The van der Waals surface area contributed by atoms with Crippen LogP contribution in [0, 0.1) is 5.82 Å². The molecule has 7 heteroatoms. The van der Waals surface area contributed by atoms with Crippen molar-refractivity contribution in [2.24, 2.45) is 7.05 Å². The highest BCUT2D eigenvalue weighted by atomic mass is 35.5. The zero-order chi connectivity index (χ0) is 13.4. The van der Waals surface area contributed by atoms with Crippen molar-refractivity contribution in [1.29, 1.82) is 0 Å². The van der Waals surface area contributed by atoms with Crippen LogP contribution in [0.1, 0.15) is 0 Å². The van der Waals surface area contributed by atoms with Gasteiger partial charge in [-0.1, -0.05) is 11.6 Å². The molecule has 1 aromatic carbocycles. The topological polar surface area (TPSA) is 52.8 Å². The molecule has 0 aliphatic rings. The molecule has 0 aliphatic heterocycles. The van der Waals surface area contributed by atoms with E-state index in [1.54, 1.807) is 17.9 Å². The fraction of sp³-hybridized carbons (Fsp3) is 0.0833. The van der Waals surface area contributed by atoms with Gasteiger partial charge >= 0.3 is 0 Å².